The van der Waals surface area contributed by atoms with Gasteiger partial charge >= 0.3 is 119 Å². The van der Waals surface area contributed by atoms with E-state index in [0.29, 0.717) is 5.92 Å². The molecule has 0 atom stereocenters. The Morgan fingerprint density at radius 2 is 1.39 bits per heavy atom. The molecule has 0 aromatic carbocycles. The number of hydrogen-bond donors (Lipinski definition) is 0. The van der Waals surface area contributed by atoms with E-state index >= 15 is 0 Å². The molecule has 0 heterocycles. The van der Waals surface area contributed by atoms with Gasteiger partial charge in [0, 0.05) is 0 Å². The molecule has 1 aliphatic carbocycles. The minimum absolute atomic E-state index is 0.620. The first-order valence-electron chi connectivity index (χ1n) is 6.68. The molecule has 104 valence electrons. The summed E-state index contributed by atoms with van der Waals surface area (Å²) in [6.07, 6.45) is 5.83. The Labute approximate surface area is 119 Å². The zero-order valence-corrected chi connectivity index (χ0v) is 15.7. The van der Waals surface area contributed by atoms with Crippen molar-refractivity contribution >= 4 is 0 Å². The van der Waals surface area contributed by atoms with Gasteiger partial charge in [0.25, 0.3) is 0 Å². The van der Waals surface area contributed by atoms with Crippen LogP contribution in [-0.2, 0) is 21.1 Å². The maximum absolute atomic E-state index is 2.80. The van der Waals surface area contributed by atoms with Crippen LogP contribution < -0.4 is 0 Å². The Balaban J connectivity index is 3.41. The third kappa shape index (κ3) is 2.58. The molecule has 4 heteroatoms. The van der Waals surface area contributed by atoms with Crippen molar-refractivity contribution in [2.24, 2.45) is 5.92 Å². The summed E-state index contributed by atoms with van der Waals surface area (Å²) in [6.45, 7) is 4.62. The molecule has 18 heavy (non-hydrogen) atoms. The normalized spacial score (nSPS) is 17.1. The summed E-state index contributed by atoms with van der Waals surface area (Å²) in [5.41, 5.74) is 1.57. The van der Waals surface area contributed by atoms with Gasteiger partial charge in [-0.3, -0.25) is 0 Å². The van der Waals surface area contributed by atoms with Crippen molar-refractivity contribution in [1.82, 2.24) is 8.53 Å². The first-order chi connectivity index (χ1) is 8.26. The van der Waals surface area contributed by atoms with Crippen molar-refractivity contribution in [2.75, 3.05) is 42.3 Å². The monoisotopic (exact) mass is 329 g/mol. The number of allylic oxidation sites excluding steroid dienone is 4. The second-order valence-corrected chi connectivity index (χ2v) is 17.2. The molecule has 0 aliphatic heterocycles. The third-order valence-corrected chi connectivity index (χ3v) is 16.3. The van der Waals surface area contributed by atoms with Crippen molar-refractivity contribution in [3.05, 3.63) is 21.0 Å². The summed E-state index contributed by atoms with van der Waals surface area (Å²) in [5, 5.41) is 0. The molecule has 0 unspecified atom stereocenters. The van der Waals surface area contributed by atoms with E-state index in [-0.39, 0.29) is 0 Å². The Morgan fingerprint density at radius 1 is 0.944 bits per heavy atom. The fourth-order valence-corrected chi connectivity index (χ4v) is 16.1. The van der Waals surface area contributed by atoms with E-state index in [1.807, 2.05) is 0 Å². The molecule has 0 bridgehead atoms. The van der Waals surface area contributed by atoms with Crippen LogP contribution in [0.1, 0.15) is 20.3 Å². The second kappa shape index (κ2) is 6.13. The van der Waals surface area contributed by atoms with Crippen molar-refractivity contribution in [1.29, 1.82) is 0 Å². The van der Waals surface area contributed by atoms with Gasteiger partial charge in [-0.05, 0) is 0 Å². The Hall–Kier alpha value is 0.243. The SMILES string of the molecule is CC(C)C1=[C]([Zr]([N](C)C)([N](C)C)[N](C)C)CC=C1. The van der Waals surface area contributed by atoms with Crippen molar-refractivity contribution in [3.8, 4) is 0 Å². The molecule has 0 spiro atoms. The van der Waals surface area contributed by atoms with Gasteiger partial charge in [-0.15, -0.1) is 0 Å². The molecule has 0 amide bonds. The molecular weight excluding hydrogens is 301 g/mol. The number of hydrogen-bond acceptors (Lipinski definition) is 3. The quantitative estimate of drug-likeness (QED) is 0.766. The van der Waals surface area contributed by atoms with Gasteiger partial charge in [-0.2, -0.15) is 0 Å². The van der Waals surface area contributed by atoms with Gasteiger partial charge < -0.3 is 0 Å². The zero-order valence-electron chi connectivity index (χ0n) is 13.3. The summed E-state index contributed by atoms with van der Waals surface area (Å²) < 4.78 is 9.25. The van der Waals surface area contributed by atoms with E-state index in [4.69, 9.17) is 0 Å². The molecule has 1 aliphatic rings. The van der Waals surface area contributed by atoms with Crippen molar-refractivity contribution in [3.63, 3.8) is 0 Å². The van der Waals surface area contributed by atoms with E-state index in [1.54, 1.807) is 8.85 Å². The fourth-order valence-electron chi connectivity index (χ4n) is 3.40. The van der Waals surface area contributed by atoms with Gasteiger partial charge in [-0.1, -0.05) is 0 Å². The summed E-state index contributed by atoms with van der Waals surface area (Å²) >= 11 is -2.80. The average Bonchev–Trinajstić information content (AvgIpc) is 2.65. The summed E-state index contributed by atoms with van der Waals surface area (Å²) in [7, 11) is 13.5. The van der Waals surface area contributed by atoms with Gasteiger partial charge in [-0.25, -0.2) is 0 Å². The Kier molecular flexibility index (Phi) is 5.55. The van der Waals surface area contributed by atoms with Crippen LogP contribution in [0, 0.1) is 5.92 Å². The van der Waals surface area contributed by atoms with E-state index < -0.39 is 21.1 Å². The molecule has 1 rings (SSSR count). The van der Waals surface area contributed by atoms with Crippen molar-refractivity contribution < 1.29 is 21.1 Å². The van der Waals surface area contributed by atoms with Crippen LogP contribution in [-0.4, -0.2) is 50.8 Å². The number of nitrogens with zero attached hydrogens (tertiary/aromatic N) is 3. The Morgan fingerprint density at radius 3 is 1.72 bits per heavy atom. The fraction of sp³-hybridized carbons (Fsp3) is 0.714. The summed E-state index contributed by atoms with van der Waals surface area (Å²) in [5.74, 6) is 0.620. The Bertz CT molecular complexity index is 332. The molecule has 0 aromatic rings. The molecule has 0 radical (unpaired) electrons. The van der Waals surface area contributed by atoms with E-state index in [9.17, 15) is 0 Å². The molecule has 0 aromatic heterocycles. The first kappa shape index (κ1) is 16.3. The molecule has 3 nitrogen and oxygen atoms in total. The number of rotatable bonds is 5. The first-order valence-corrected chi connectivity index (χ1v) is 11.2. The molecule has 0 saturated carbocycles. The minimum atomic E-state index is -2.80. The van der Waals surface area contributed by atoms with E-state index in [0.717, 1.165) is 6.42 Å². The van der Waals surface area contributed by atoms with Gasteiger partial charge in [0.1, 0.15) is 0 Å². The average molecular weight is 331 g/mol. The van der Waals surface area contributed by atoms with Crippen LogP contribution in [0.4, 0.5) is 0 Å². The van der Waals surface area contributed by atoms with Crippen LogP contribution in [0.3, 0.4) is 0 Å². The van der Waals surface area contributed by atoms with Gasteiger partial charge in [0.05, 0.1) is 0 Å². The summed E-state index contributed by atoms with van der Waals surface area (Å²) in [4.78, 5) is 0. The predicted molar refractivity (Wildman–Crippen MR) is 76.7 cm³/mol. The van der Waals surface area contributed by atoms with E-state index in [2.05, 4.69) is 76.8 Å². The van der Waals surface area contributed by atoms with Crippen LogP contribution in [0.5, 0.6) is 0 Å². The topological polar surface area (TPSA) is 9.72 Å². The van der Waals surface area contributed by atoms with Gasteiger partial charge in [0.2, 0.25) is 0 Å². The third-order valence-electron chi connectivity index (χ3n) is 3.87. The molecule has 0 fully saturated rings. The molecule has 0 saturated heterocycles. The maximum atomic E-state index is 2.51. The van der Waals surface area contributed by atoms with Gasteiger partial charge in [0.15, 0.2) is 0 Å². The predicted octanol–water partition coefficient (Wildman–Crippen LogP) is 2.44. The second-order valence-electron chi connectivity index (χ2n) is 6.01. The van der Waals surface area contributed by atoms with E-state index in [1.165, 1.54) is 0 Å². The zero-order chi connectivity index (χ0) is 14.1. The molecule has 0 N–H and O–H groups in total. The molecular formula is C14H29N3Zr. The summed E-state index contributed by atoms with van der Waals surface area (Å²) in [6, 6.07) is 0. The standard InChI is InChI=1S/C8H11.3C2H6N.Zr/c1-7(2)8-5-3-4-6-8;3*1-3-2;/h3,5,7H,4H2,1-2H3;3*1-2H3;/q;3*-1;+3. The van der Waals surface area contributed by atoms with Crippen LogP contribution in [0.2, 0.25) is 0 Å². The van der Waals surface area contributed by atoms with Crippen LogP contribution in [0.15, 0.2) is 21.0 Å². The van der Waals surface area contributed by atoms with Crippen LogP contribution in [0.25, 0.3) is 0 Å². The van der Waals surface area contributed by atoms with Crippen molar-refractivity contribution in [2.45, 2.75) is 20.3 Å². The van der Waals surface area contributed by atoms with Crippen LogP contribution >= 0.6 is 0 Å².